The number of nitrogens with zero attached hydrogens (tertiary/aromatic N) is 1. The zero-order valence-electron chi connectivity index (χ0n) is 10.4. The third-order valence-electron chi connectivity index (χ3n) is 2.53. The molecule has 0 fully saturated rings. The summed E-state index contributed by atoms with van der Waals surface area (Å²) in [6.45, 7) is 8.15. The second kappa shape index (κ2) is 7.76. The molecule has 0 aliphatic rings. The highest BCUT2D eigenvalue weighted by molar-refractivity contribution is 7.09. The molecule has 4 heteroatoms. The molecule has 0 radical (unpaired) electrons. The number of rotatable bonds is 8. The summed E-state index contributed by atoms with van der Waals surface area (Å²) in [5.41, 5.74) is 0. The molecule has 3 nitrogen and oxygen atoms in total. The van der Waals surface area contributed by atoms with E-state index in [2.05, 4.69) is 24.1 Å². The first-order valence-electron chi connectivity index (χ1n) is 6.01. The van der Waals surface area contributed by atoms with E-state index in [0.29, 0.717) is 6.04 Å². The lowest BCUT2D eigenvalue weighted by Crippen LogP contribution is -2.41. The van der Waals surface area contributed by atoms with Crippen LogP contribution in [-0.4, -0.2) is 30.3 Å². The van der Waals surface area contributed by atoms with Gasteiger partial charge in [-0.1, -0.05) is 6.92 Å². The van der Waals surface area contributed by atoms with E-state index in [-0.39, 0.29) is 6.10 Å². The van der Waals surface area contributed by atoms with E-state index >= 15 is 0 Å². The highest BCUT2D eigenvalue weighted by Gasteiger charge is 2.18. The van der Waals surface area contributed by atoms with Crippen molar-refractivity contribution in [1.29, 1.82) is 0 Å². The number of hydrogen-bond acceptors (Lipinski definition) is 4. The molecule has 0 bridgehead atoms. The van der Waals surface area contributed by atoms with Gasteiger partial charge in [-0.2, -0.15) is 0 Å². The third kappa shape index (κ3) is 4.60. The first-order valence-corrected chi connectivity index (χ1v) is 6.89. The summed E-state index contributed by atoms with van der Waals surface area (Å²) in [6.07, 6.45) is 4.20. The van der Waals surface area contributed by atoms with Gasteiger partial charge in [-0.05, 0) is 26.8 Å². The van der Waals surface area contributed by atoms with Crippen LogP contribution in [0, 0.1) is 0 Å². The van der Waals surface area contributed by atoms with Gasteiger partial charge in [-0.3, -0.25) is 0 Å². The van der Waals surface area contributed by atoms with Gasteiger partial charge in [-0.15, -0.1) is 11.3 Å². The van der Waals surface area contributed by atoms with Crippen LogP contribution in [-0.2, 0) is 11.2 Å². The van der Waals surface area contributed by atoms with Gasteiger partial charge >= 0.3 is 0 Å². The van der Waals surface area contributed by atoms with Gasteiger partial charge < -0.3 is 10.1 Å². The molecule has 1 heterocycles. The fourth-order valence-electron chi connectivity index (χ4n) is 1.65. The lowest BCUT2D eigenvalue weighted by Gasteiger charge is -2.24. The summed E-state index contributed by atoms with van der Waals surface area (Å²) >= 11 is 1.71. The van der Waals surface area contributed by atoms with Crippen molar-refractivity contribution in [2.24, 2.45) is 0 Å². The molecule has 1 rings (SSSR count). The second-order valence-electron chi connectivity index (χ2n) is 3.85. The molecule has 0 saturated carbocycles. The van der Waals surface area contributed by atoms with Crippen LogP contribution >= 0.6 is 11.3 Å². The van der Waals surface area contributed by atoms with Gasteiger partial charge in [0.25, 0.3) is 0 Å². The Bertz CT molecular complexity index is 264. The molecule has 16 heavy (non-hydrogen) atoms. The number of hydrogen-bond donors (Lipinski definition) is 1. The molecule has 92 valence electrons. The fraction of sp³-hybridized carbons (Fsp3) is 0.750. The van der Waals surface area contributed by atoms with E-state index in [4.69, 9.17) is 4.74 Å². The smallest absolute Gasteiger partial charge is 0.0941 e. The van der Waals surface area contributed by atoms with E-state index in [1.54, 1.807) is 11.3 Å². The fourth-order valence-corrected chi connectivity index (χ4v) is 2.33. The van der Waals surface area contributed by atoms with Crippen molar-refractivity contribution < 1.29 is 4.74 Å². The van der Waals surface area contributed by atoms with E-state index in [1.165, 1.54) is 5.01 Å². The zero-order chi connectivity index (χ0) is 11.8. The molecular weight excluding hydrogens is 220 g/mol. The van der Waals surface area contributed by atoms with Gasteiger partial charge in [0.2, 0.25) is 0 Å². The minimum Gasteiger partial charge on any atom is -0.377 e. The number of ether oxygens (including phenoxy) is 1. The number of nitrogens with one attached hydrogen (secondary N) is 1. The van der Waals surface area contributed by atoms with E-state index < -0.39 is 0 Å². The van der Waals surface area contributed by atoms with Gasteiger partial charge in [0.1, 0.15) is 0 Å². The van der Waals surface area contributed by atoms with Gasteiger partial charge in [0.05, 0.1) is 11.1 Å². The highest BCUT2D eigenvalue weighted by atomic mass is 32.1. The van der Waals surface area contributed by atoms with Crippen LogP contribution in [0.2, 0.25) is 0 Å². The van der Waals surface area contributed by atoms with E-state index in [9.17, 15) is 0 Å². The quantitative estimate of drug-likeness (QED) is 0.760. The average molecular weight is 242 g/mol. The second-order valence-corrected chi connectivity index (χ2v) is 4.83. The van der Waals surface area contributed by atoms with Crippen LogP contribution in [0.3, 0.4) is 0 Å². The zero-order valence-corrected chi connectivity index (χ0v) is 11.2. The van der Waals surface area contributed by atoms with Crippen LogP contribution < -0.4 is 5.32 Å². The summed E-state index contributed by atoms with van der Waals surface area (Å²) in [5.74, 6) is 0. The third-order valence-corrected chi connectivity index (χ3v) is 3.33. The Hall–Kier alpha value is -0.450. The van der Waals surface area contributed by atoms with Crippen molar-refractivity contribution >= 4 is 11.3 Å². The van der Waals surface area contributed by atoms with E-state index in [0.717, 1.165) is 26.0 Å². The Kier molecular flexibility index (Phi) is 6.61. The van der Waals surface area contributed by atoms with Crippen molar-refractivity contribution in [2.45, 2.75) is 45.8 Å². The Morgan fingerprint density at radius 3 is 2.88 bits per heavy atom. The van der Waals surface area contributed by atoms with Crippen molar-refractivity contribution in [1.82, 2.24) is 10.3 Å². The lowest BCUT2D eigenvalue weighted by molar-refractivity contribution is 0.0476. The topological polar surface area (TPSA) is 34.2 Å². The van der Waals surface area contributed by atoms with Crippen LogP contribution in [0.1, 0.15) is 32.2 Å². The number of thiazole rings is 1. The van der Waals surface area contributed by atoms with E-state index in [1.807, 2.05) is 18.5 Å². The molecule has 0 saturated heterocycles. The maximum absolute atomic E-state index is 5.66. The monoisotopic (exact) mass is 242 g/mol. The maximum atomic E-state index is 5.66. The molecule has 2 atom stereocenters. The molecule has 0 aliphatic heterocycles. The molecule has 1 N–H and O–H groups in total. The summed E-state index contributed by atoms with van der Waals surface area (Å²) < 4.78 is 5.66. The SMILES string of the molecule is CCCNC(Cc1nccs1)C(C)OCC. The lowest BCUT2D eigenvalue weighted by atomic mass is 10.1. The molecule has 0 spiro atoms. The summed E-state index contributed by atoms with van der Waals surface area (Å²) in [7, 11) is 0. The summed E-state index contributed by atoms with van der Waals surface area (Å²) in [5, 5.41) is 6.74. The number of aromatic nitrogens is 1. The molecule has 0 amide bonds. The normalized spacial score (nSPS) is 14.9. The van der Waals surface area contributed by atoms with Crippen LogP contribution in [0.4, 0.5) is 0 Å². The molecule has 0 aliphatic carbocycles. The van der Waals surface area contributed by atoms with Gasteiger partial charge in [0.15, 0.2) is 0 Å². The van der Waals surface area contributed by atoms with Crippen LogP contribution in [0.5, 0.6) is 0 Å². The Morgan fingerprint density at radius 1 is 1.50 bits per heavy atom. The van der Waals surface area contributed by atoms with Gasteiger partial charge in [0, 0.05) is 30.6 Å². The molecular formula is C12H22N2OS. The predicted octanol–water partition coefficient (Wildman–Crippen LogP) is 2.48. The molecule has 1 aromatic rings. The molecule has 1 aromatic heterocycles. The van der Waals surface area contributed by atoms with Crippen molar-refractivity contribution in [3.63, 3.8) is 0 Å². The van der Waals surface area contributed by atoms with Crippen molar-refractivity contribution in [3.05, 3.63) is 16.6 Å². The predicted molar refractivity (Wildman–Crippen MR) is 69.0 cm³/mol. The molecule has 2 unspecified atom stereocenters. The first kappa shape index (κ1) is 13.6. The maximum Gasteiger partial charge on any atom is 0.0941 e. The first-order chi connectivity index (χ1) is 7.77. The van der Waals surface area contributed by atoms with Crippen molar-refractivity contribution in [2.75, 3.05) is 13.2 Å². The Labute approximate surface area is 102 Å². The minimum atomic E-state index is 0.237. The average Bonchev–Trinajstić information content (AvgIpc) is 2.77. The van der Waals surface area contributed by atoms with Crippen LogP contribution in [0.15, 0.2) is 11.6 Å². The van der Waals surface area contributed by atoms with Crippen molar-refractivity contribution in [3.8, 4) is 0 Å². The largest absolute Gasteiger partial charge is 0.377 e. The van der Waals surface area contributed by atoms with Crippen LogP contribution in [0.25, 0.3) is 0 Å². The Morgan fingerprint density at radius 2 is 2.31 bits per heavy atom. The highest BCUT2D eigenvalue weighted by Crippen LogP contribution is 2.11. The van der Waals surface area contributed by atoms with Gasteiger partial charge in [-0.25, -0.2) is 4.98 Å². The standard InChI is InChI=1S/C12H22N2OS/c1-4-6-13-11(10(3)15-5-2)9-12-14-7-8-16-12/h7-8,10-11,13H,4-6,9H2,1-3H3. The molecule has 0 aromatic carbocycles. The minimum absolute atomic E-state index is 0.237. The summed E-state index contributed by atoms with van der Waals surface area (Å²) in [4.78, 5) is 4.33. The summed E-state index contributed by atoms with van der Waals surface area (Å²) in [6, 6.07) is 0.367. The Balaban J connectivity index is 2.49.